The number of carbonyl (C=O) groups excluding carboxylic acids is 1. The van der Waals surface area contributed by atoms with E-state index in [0.717, 1.165) is 38.6 Å². The summed E-state index contributed by atoms with van der Waals surface area (Å²) in [6, 6.07) is -0.149. The van der Waals surface area contributed by atoms with Gasteiger partial charge in [0.1, 0.15) is 0 Å². The maximum atomic E-state index is 12.2. The van der Waals surface area contributed by atoms with Gasteiger partial charge in [0.15, 0.2) is 0 Å². The SMILES string of the molecule is CCCn1cc(NC(=O)N(C)CC2CCCCC2O)cn1. The molecule has 1 aromatic heterocycles. The molecule has 6 nitrogen and oxygen atoms in total. The van der Waals surface area contributed by atoms with Crippen LogP contribution < -0.4 is 5.32 Å². The van der Waals surface area contributed by atoms with E-state index < -0.39 is 0 Å². The van der Waals surface area contributed by atoms with E-state index in [-0.39, 0.29) is 18.1 Å². The van der Waals surface area contributed by atoms with Crippen LogP contribution in [0.5, 0.6) is 0 Å². The Hall–Kier alpha value is -1.56. The zero-order chi connectivity index (χ0) is 15.2. The summed E-state index contributed by atoms with van der Waals surface area (Å²) in [5, 5.41) is 17.0. The molecule has 0 radical (unpaired) electrons. The number of anilines is 1. The molecule has 2 rings (SSSR count). The lowest BCUT2D eigenvalue weighted by molar-refractivity contribution is 0.0575. The Balaban J connectivity index is 1.83. The van der Waals surface area contributed by atoms with E-state index in [2.05, 4.69) is 17.3 Å². The topological polar surface area (TPSA) is 70.4 Å². The van der Waals surface area contributed by atoms with Crippen LogP contribution >= 0.6 is 0 Å². The Labute approximate surface area is 126 Å². The zero-order valence-electron chi connectivity index (χ0n) is 13.0. The molecule has 0 bridgehead atoms. The maximum Gasteiger partial charge on any atom is 0.321 e. The lowest BCUT2D eigenvalue weighted by Gasteiger charge is -2.31. The van der Waals surface area contributed by atoms with E-state index in [9.17, 15) is 9.90 Å². The quantitative estimate of drug-likeness (QED) is 0.875. The molecule has 2 unspecified atom stereocenters. The number of nitrogens with zero attached hydrogens (tertiary/aromatic N) is 3. The van der Waals surface area contributed by atoms with Crippen molar-refractivity contribution in [3.63, 3.8) is 0 Å². The highest BCUT2D eigenvalue weighted by molar-refractivity contribution is 5.88. The third kappa shape index (κ3) is 4.46. The van der Waals surface area contributed by atoms with Crippen molar-refractivity contribution in [3.8, 4) is 0 Å². The lowest BCUT2D eigenvalue weighted by atomic mass is 9.86. The average molecular weight is 294 g/mol. The molecule has 1 aromatic rings. The van der Waals surface area contributed by atoms with Crippen LogP contribution in [0.3, 0.4) is 0 Å². The first kappa shape index (κ1) is 15.8. The number of nitrogens with one attached hydrogen (secondary N) is 1. The molecule has 0 aromatic carbocycles. The molecule has 1 aliphatic rings. The summed E-state index contributed by atoms with van der Waals surface area (Å²) < 4.78 is 1.82. The predicted molar refractivity (Wildman–Crippen MR) is 82.1 cm³/mol. The highest BCUT2D eigenvalue weighted by atomic mass is 16.3. The molecule has 0 spiro atoms. The first-order valence-electron chi connectivity index (χ1n) is 7.82. The smallest absolute Gasteiger partial charge is 0.321 e. The van der Waals surface area contributed by atoms with Crippen molar-refractivity contribution in [3.05, 3.63) is 12.4 Å². The summed E-state index contributed by atoms with van der Waals surface area (Å²) in [5.74, 6) is 0.192. The molecule has 0 saturated heterocycles. The second-order valence-electron chi connectivity index (χ2n) is 5.91. The van der Waals surface area contributed by atoms with Crippen LogP contribution in [-0.2, 0) is 6.54 Å². The second-order valence-corrected chi connectivity index (χ2v) is 5.91. The first-order chi connectivity index (χ1) is 10.1. The van der Waals surface area contributed by atoms with Gasteiger partial charge < -0.3 is 15.3 Å². The van der Waals surface area contributed by atoms with E-state index in [1.54, 1.807) is 18.1 Å². The van der Waals surface area contributed by atoms with Gasteiger partial charge in [-0.3, -0.25) is 4.68 Å². The van der Waals surface area contributed by atoms with Crippen molar-refractivity contribution in [2.24, 2.45) is 5.92 Å². The number of carbonyl (C=O) groups is 1. The second kappa shape index (κ2) is 7.45. The number of aliphatic hydroxyl groups is 1. The molecule has 2 atom stereocenters. The molecule has 1 aliphatic carbocycles. The average Bonchev–Trinajstić information content (AvgIpc) is 2.89. The Kier molecular flexibility index (Phi) is 5.61. The van der Waals surface area contributed by atoms with Crippen LogP contribution in [0.25, 0.3) is 0 Å². The third-order valence-electron chi connectivity index (χ3n) is 4.06. The molecule has 1 heterocycles. The third-order valence-corrected chi connectivity index (χ3v) is 4.06. The number of aliphatic hydroxyl groups excluding tert-OH is 1. The number of aromatic nitrogens is 2. The van der Waals surface area contributed by atoms with Crippen molar-refractivity contribution in [2.45, 2.75) is 51.7 Å². The fourth-order valence-corrected chi connectivity index (χ4v) is 2.83. The minimum absolute atomic E-state index is 0.149. The number of aryl methyl sites for hydroxylation is 1. The number of amides is 2. The number of rotatable bonds is 5. The number of urea groups is 1. The summed E-state index contributed by atoms with van der Waals surface area (Å²) in [6.07, 6.45) is 8.31. The molecule has 1 saturated carbocycles. The molecular weight excluding hydrogens is 268 g/mol. The molecule has 118 valence electrons. The van der Waals surface area contributed by atoms with Crippen molar-refractivity contribution in [1.82, 2.24) is 14.7 Å². The van der Waals surface area contributed by atoms with Crippen molar-refractivity contribution < 1.29 is 9.90 Å². The number of hydrogen-bond donors (Lipinski definition) is 2. The summed E-state index contributed by atoms with van der Waals surface area (Å²) in [6.45, 7) is 3.53. The van der Waals surface area contributed by atoms with Gasteiger partial charge >= 0.3 is 6.03 Å². The monoisotopic (exact) mass is 294 g/mol. The normalized spacial score (nSPS) is 22.0. The first-order valence-corrected chi connectivity index (χ1v) is 7.82. The summed E-state index contributed by atoms with van der Waals surface area (Å²) in [7, 11) is 1.77. The Morgan fingerprint density at radius 2 is 2.29 bits per heavy atom. The zero-order valence-corrected chi connectivity index (χ0v) is 13.0. The van der Waals surface area contributed by atoms with Crippen LogP contribution in [-0.4, -0.2) is 45.5 Å². The van der Waals surface area contributed by atoms with Gasteiger partial charge in [0, 0.05) is 32.3 Å². The predicted octanol–water partition coefficient (Wildman–Crippen LogP) is 2.31. The molecule has 6 heteroatoms. The highest BCUT2D eigenvalue weighted by Crippen LogP contribution is 2.25. The van der Waals surface area contributed by atoms with Gasteiger partial charge in [-0.1, -0.05) is 19.8 Å². The van der Waals surface area contributed by atoms with Crippen molar-refractivity contribution in [2.75, 3.05) is 18.9 Å². The minimum atomic E-state index is -0.277. The van der Waals surface area contributed by atoms with Crippen molar-refractivity contribution in [1.29, 1.82) is 0 Å². The molecule has 1 fully saturated rings. The molecule has 0 aliphatic heterocycles. The van der Waals surface area contributed by atoms with Crippen LogP contribution in [0.2, 0.25) is 0 Å². The fraction of sp³-hybridized carbons (Fsp3) is 0.733. The summed E-state index contributed by atoms with van der Waals surface area (Å²) in [4.78, 5) is 13.8. The van der Waals surface area contributed by atoms with E-state index >= 15 is 0 Å². The number of hydrogen-bond acceptors (Lipinski definition) is 3. The highest BCUT2D eigenvalue weighted by Gasteiger charge is 2.25. The standard InChI is InChI=1S/C15H26N4O2/c1-3-8-19-11-13(9-16-19)17-15(21)18(2)10-12-6-4-5-7-14(12)20/h9,11-12,14,20H,3-8,10H2,1-2H3,(H,17,21). The summed E-state index contributed by atoms with van der Waals surface area (Å²) >= 11 is 0. The van der Waals surface area contributed by atoms with Gasteiger partial charge in [-0.25, -0.2) is 4.79 Å². The Morgan fingerprint density at radius 3 is 3.00 bits per heavy atom. The van der Waals surface area contributed by atoms with E-state index in [0.29, 0.717) is 12.2 Å². The molecule has 21 heavy (non-hydrogen) atoms. The van der Waals surface area contributed by atoms with Crippen LogP contribution in [0.15, 0.2) is 12.4 Å². The molecule has 2 N–H and O–H groups in total. The Bertz CT molecular complexity index is 460. The Morgan fingerprint density at radius 1 is 1.52 bits per heavy atom. The van der Waals surface area contributed by atoms with Crippen molar-refractivity contribution >= 4 is 11.7 Å². The largest absolute Gasteiger partial charge is 0.393 e. The van der Waals surface area contributed by atoms with Crippen LogP contribution in [0.4, 0.5) is 10.5 Å². The summed E-state index contributed by atoms with van der Waals surface area (Å²) in [5.41, 5.74) is 0.712. The van der Waals surface area contributed by atoms with Gasteiger partial charge in [-0.15, -0.1) is 0 Å². The van der Waals surface area contributed by atoms with Crippen LogP contribution in [0, 0.1) is 5.92 Å². The van der Waals surface area contributed by atoms with E-state index in [4.69, 9.17) is 0 Å². The van der Waals surface area contributed by atoms with Gasteiger partial charge in [-0.05, 0) is 19.3 Å². The van der Waals surface area contributed by atoms with Gasteiger partial charge in [0.2, 0.25) is 0 Å². The van der Waals surface area contributed by atoms with Gasteiger partial charge in [0.05, 0.1) is 18.0 Å². The molecular formula is C15H26N4O2. The van der Waals surface area contributed by atoms with Gasteiger partial charge in [-0.2, -0.15) is 5.10 Å². The van der Waals surface area contributed by atoms with E-state index in [1.165, 1.54) is 0 Å². The molecule has 2 amide bonds. The minimum Gasteiger partial charge on any atom is -0.393 e. The van der Waals surface area contributed by atoms with E-state index in [1.807, 2.05) is 10.9 Å². The van der Waals surface area contributed by atoms with Gasteiger partial charge in [0.25, 0.3) is 0 Å². The maximum absolute atomic E-state index is 12.2. The fourth-order valence-electron chi connectivity index (χ4n) is 2.83. The lowest BCUT2D eigenvalue weighted by Crippen LogP contribution is -2.39. The van der Waals surface area contributed by atoms with Crippen LogP contribution in [0.1, 0.15) is 39.0 Å².